The Hall–Kier alpha value is -2.55. The summed E-state index contributed by atoms with van der Waals surface area (Å²) in [5.41, 5.74) is 7.14. The summed E-state index contributed by atoms with van der Waals surface area (Å²) < 4.78 is 4.80. The zero-order valence-corrected chi connectivity index (χ0v) is 14.9. The molecular weight excluding hydrogens is 310 g/mol. The van der Waals surface area contributed by atoms with E-state index < -0.39 is 0 Å². The number of carbonyl (C=O) groups excluding carboxylic acids is 1. The number of nitrogens with one attached hydrogen (secondary N) is 1. The lowest BCUT2D eigenvalue weighted by atomic mass is 9.75. The van der Waals surface area contributed by atoms with Crippen LogP contribution in [0.4, 0.5) is 5.69 Å². The van der Waals surface area contributed by atoms with Gasteiger partial charge in [0.25, 0.3) is 0 Å². The first-order chi connectivity index (χ1) is 12.1. The summed E-state index contributed by atoms with van der Waals surface area (Å²) in [6.45, 7) is 4.36. The van der Waals surface area contributed by atoms with Gasteiger partial charge in [-0.15, -0.1) is 0 Å². The van der Waals surface area contributed by atoms with E-state index in [0.29, 0.717) is 17.4 Å². The zero-order chi connectivity index (χ0) is 17.6. The predicted octanol–water partition coefficient (Wildman–Crippen LogP) is 4.92. The number of esters is 1. The molecule has 4 rings (SSSR count). The highest BCUT2D eigenvalue weighted by Crippen LogP contribution is 2.50. The molecule has 0 saturated carbocycles. The van der Waals surface area contributed by atoms with Crippen LogP contribution >= 0.6 is 0 Å². The Kier molecular flexibility index (Phi) is 3.87. The Morgan fingerprint density at radius 3 is 2.64 bits per heavy atom. The van der Waals surface area contributed by atoms with Crippen LogP contribution in [-0.4, -0.2) is 13.1 Å². The number of hydrogen-bond acceptors (Lipinski definition) is 3. The van der Waals surface area contributed by atoms with Gasteiger partial charge in [0.2, 0.25) is 0 Å². The normalized spacial score (nSPS) is 23.6. The Balaban J connectivity index is 1.73. The SMILES string of the molecule is COC(=O)c1ccc([C@@H]2Nc3cc(C)cc(C)c3[C@@H]3C=CC[C@@H]32)cc1. The Labute approximate surface area is 148 Å². The fourth-order valence-corrected chi connectivity index (χ4v) is 4.42. The third kappa shape index (κ3) is 2.64. The zero-order valence-electron chi connectivity index (χ0n) is 14.9. The van der Waals surface area contributed by atoms with Gasteiger partial charge < -0.3 is 10.1 Å². The number of ether oxygens (including phenoxy) is 1. The van der Waals surface area contributed by atoms with Crippen molar-refractivity contribution in [3.05, 3.63) is 76.4 Å². The molecule has 1 aliphatic carbocycles. The maximum atomic E-state index is 11.7. The molecule has 2 aliphatic rings. The molecule has 0 spiro atoms. The minimum absolute atomic E-state index is 0.250. The van der Waals surface area contributed by atoms with Crippen molar-refractivity contribution in [2.24, 2.45) is 5.92 Å². The van der Waals surface area contributed by atoms with Crippen molar-refractivity contribution in [1.82, 2.24) is 0 Å². The first-order valence-electron chi connectivity index (χ1n) is 8.81. The molecule has 0 amide bonds. The first-order valence-corrected chi connectivity index (χ1v) is 8.81. The Morgan fingerprint density at radius 1 is 1.16 bits per heavy atom. The summed E-state index contributed by atoms with van der Waals surface area (Å²) in [6, 6.07) is 12.6. The highest BCUT2D eigenvalue weighted by molar-refractivity contribution is 5.89. The summed E-state index contributed by atoms with van der Waals surface area (Å²) >= 11 is 0. The molecule has 2 aromatic carbocycles. The van der Waals surface area contributed by atoms with Crippen LogP contribution in [0.5, 0.6) is 0 Å². The van der Waals surface area contributed by atoms with E-state index in [-0.39, 0.29) is 12.0 Å². The monoisotopic (exact) mass is 333 g/mol. The number of hydrogen-bond donors (Lipinski definition) is 1. The van der Waals surface area contributed by atoms with Crippen LogP contribution in [0.2, 0.25) is 0 Å². The largest absolute Gasteiger partial charge is 0.465 e. The summed E-state index contributed by atoms with van der Waals surface area (Å²) in [5, 5.41) is 3.77. The topological polar surface area (TPSA) is 38.3 Å². The van der Waals surface area contributed by atoms with Crippen molar-refractivity contribution in [2.75, 3.05) is 12.4 Å². The van der Waals surface area contributed by atoms with Crippen LogP contribution in [0.15, 0.2) is 48.6 Å². The number of allylic oxidation sites excluding steroid dienone is 2. The molecule has 0 unspecified atom stereocenters. The second kappa shape index (κ2) is 6.07. The lowest BCUT2D eigenvalue weighted by Gasteiger charge is -2.38. The Morgan fingerprint density at radius 2 is 1.92 bits per heavy atom. The third-order valence-corrected chi connectivity index (χ3v) is 5.51. The van der Waals surface area contributed by atoms with E-state index in [4.69, 9.17) is 4.74 Å². The van der Waals surface area contributed by atoms with Gasteiger partial charge in [0.15, 0.2) is 0 Å². The van der Waals surface area contributed by atoms with E-state index in [0.717, 1.165) is 6.42 Å². The summed E-state index contributed by atoms with van der Waals surface area (Å²) in [5.74, 6) is 0.681. The first kappa shape index (κ1) is 15.9. The maximum Gasteiger partial charge on any atom is 0.337 e. The molecule has 0 radical (unpaired) electrons. The lowest BCUT2D eigenvalue weighted by Crippen LogP contribution is -2.29. The van der Waals surface area contributed by atoms with Crippen LogP contribution in [0.3, 0.4) is 0 Å². The van der Waals surface area contributed by atoms with Crippen molar-refractivity contribution < 1.29 is 9.53 Å². The van der Waals surface area contributed by atoms with Crippen molar-refractivity contribution in [1.29, 1.82) is 0 Å². The molecule has 1 N–H and O–H groups in total. The van der Waals surface area contributed by atoms with Crippen molar-refractivity contribution in [2.45, 2.75) is 32.2 Å². The van der Waals surface area contributed by atoms with Gasteiger partial charge in [-0.05, 0) is 66.6 Å². The van der Waals surface area contributed by atoms with E-state index in [1.807, 2.05) is 24.3 Å². The van der Waals surface area contributed by atoms with Gasteiger partial charge in [-0.25, -0.2) is 4.79 Å². The molecule has 0 fully saturated rings. The van der Waals surface area contributed by atoms with Crippen LogP contribution in [-0.2, 0) is 4.74 Å². The second-order valence-electron chi connectivity index (χ2n) is 7.13. The number of benzene rings is 2. The molecule has 3 atom stereocenters. The number of aryl methyl sites for hydroxylation is 2. The average molecular weight is 333 g/mol. The van der Waals surface area contributed by atoms with E-state index in [1.54, 1.807) is 0 Å². The minimum Gasteiger partial charge on any atom is -0.465 e. The van der Waals surface area contributed by atoms with Crippen LogP contribution in [0.25, 0.3) is 0 Å². The van der Waals surface area contributed by atoms with E-state index in [1.165, 1.54) is 35.1 Å². The molecule has 1 heterocycles. The van der Waals surface area contributed by atoms with Crippen molar-refractivity contribution in [3.63, 3.8) is 0 Å². The van der Waals surface area contributed by atoms with Crippen LogP contribution in [0, 0.1) is 19.8 Å². The van der Waals surface area contributed by atoms with Gasteiger partial charge >= 0.3 is 5.97 Å². The molecule has 3 nitrogen and oxygen atoms in total. The third-order valence-electron chi connectivity index (χ3n) is 5.51. The number of fused-ring (bicyclic) bond motifs is 3. The van der Waals surface area contributed by atoms with Crippen molar-refractivity contribution >= 4 is 11.7 Å². The maximum absolute atomic E-state index is 11.7. The number of methoxy groups -OCH3 is 1. The second-order valence-corrected chi connectivity index (χ2v) is 7.13. The van der Waals surface area contributed by atoms with Gasteiger partial charge in [-0.1, -0.05) is 30.4 Å². The van der Waals surface area contributed by atoms with E-state index in [9.17, 15) is 4.79 Å². The number of carbonyl (C=O) groups is 1. The molecule has 128 valence electrons. The molecule has 0 aromatic heterocycles. The molecular formula is C22H23NO2. The highest BCUT2D eigenvalue weighted by Gasteiger charge is 2.38. The molecule has 25 heavy (non-hydrogen) atoms. The summed E-state index contributed by atoms with van der Waals surface area (Å²) in [7, 11) is 1.41. The number of rotatable bonds is 2. The summed E-state index contributed by atoms with van der Waals surface area (Å²) in [6.07, 6.45) is 5.75. The lowest BCUT2D eigenvalue weighted by molar-refractivity contribution is 0.0600. The average Bonchev–Trinajstić information content (AvgIpc) is 3.09. The summed E-state index contributed by atoms with van der Waals surface area (Å²) in [4.78, 5) is 11.7. The van der Waals surface area contributed by atoms with Gasteiger partial charge in [-0.2, -0.15) is 0 Å². The fourth-order valence-electron chi connectivity index (χ4n) is 4.42. The fraction of sp³-hybridized carbons (Fsp3) is 0.318. The van der Waals surface area contributed by atoms with Crippen LogP contribution in [0.1, 0.15) is 51.0 Å². The Bertz CT molecular complexity index is 851. The minimum atomic E-state index is -0.292. The highest BCUT2D eigenvalue weighted by atomic mass is 16.5. The van der Waals surface area contributed by atoms with Crippen LogP contribution < -0.4 is 5.32 Å². The van der Waals surface area contributed by atoms with E-state index >= 15 is 0 Å². The quantitative estimate of drug-likeness (QED) is 0.626. The van der Waals surface area contributed by atoms with Crippen molar-refractivity contribution in [3.8, 4) is 0 Å². The van der Waals surface area contributed by atoms with Gasteiger partial charge in [0.05, 0.1) is 18.7 Å². The molecule has 0 saturated heterocycles. The standard InChI is InChI=1S/C22H23NO2/c1-13-11-14(2)20-17-5-4-6-18(17)21(23-19(20)12-13)15-7-9-16(10-8-15)22(24)25-3/h4-5,7-12,17-18,21,23H,6H2,1-3H3/t17-,18+,21+/m1/s1. The predicted molar refractivity (Wildman–Crippen MR) is 100 cm³/mol. The smallest absolute Gasteiger partial charge is 0.337 e. The van der Waals surface area contributed by atoms with E-state index in [2.05, 4.69) is 43.4 Å². The van der Waals surface area contributed by atoms with Gasteiger partial charge in [-0.3, -0.25) is 0 Å². The molecule has 0 bridgehead atoms. The van der Waals surface area contributed by atoms with Gasteiger partial charge in [0, 0.05) is 11.6 Å². The molecule has 1 aliphatic heterocycles. The number of anilines is 1. The molecule has 2 aromatic rings. The van der Waals surface area contributed by atoms with Gasteiger partial charge in [0.1, 0.15) is 0 Å². The molecule has 3 heteroatoms.